The maximum absolute atomic E-state index is 15.1. The number of carbonyl (C=O) groups is 4. The van der Waals surface area contributed by atoms with Crippen LogP contribution in [0.25, 0.3) is 0 Å². The summed E-state index contributed by atoms with van der Waals surface area (Å²) < 4.78 is 92.7. The van der Waals surface area contributed by atoms with Crippen molar-refractivity contribution in [1.29, 1.82) is 0 Å². The molecule has 2 rings (SSSR count). The van der Waals surface area contributed by atoms with Crippen molar-refractivity contribution in [3.05, 3.63) is 12.3 Å². The van der Waals surface area contributed by atoms with Crippen LogP contribution in [0, 0.1) is 0 Å². The van der Waals surface area contributed by atoms with Crippen molar-refractivity contribution >= 4 is 31.3 Å². The Bertz CT molecular complexity index is 1060. The van der Waals surface area contributed by atoms with Crippen LogP contribution in [0.15, 0.2) is 12.3 Å². The molecule has 5 atom stereocenters. The Morgan fingerprint density at radius 3 is 1.98 bits per heavy atom. The first-order chi connectivity index (χ1) is 18.8. The third-order valence-corrected chi connectivity index (χ3v) is 7.70. The van der Waals surface area contributed by atoms with E-state index in [0.717, 1.165) is 6.08 Å². The van der Waals surface area contributed by atoms with Gasteiger partial charge in [0.05, 0.1) is 25.2 Å². The molecule has 0 aromatic heterocycles. The smallest absolute Gasteiger partial charge is 0.342 e. The summed E-state index contributed by atoms with van der Waals surface area (Å²) in [5, 5.41) is 14.8. The normalized spacial score (nSPS) is 26.1. The van der Waals surface area contributed by atoms with E-state index in [0.29, 0.717) is 6.20 Å². The summed E-state index contributed by atoms with van der Waals surface area (Å²) in [4.78, 5) is 48.4. The lowest BCUT2D eigenvalue weighted by Gasteiger charge is -2.34. The van der Waals surface area contributed by atoms with Gasteiger partial charge in [-0.3, -0.25) is 28.6 Å². The van der Waals surface area contributed by atoms with Crippen LogP contribution in [0.3, 0.4) is 0 Å². The van der Waals surface area contributed by atoms with Gasteiger partial charge in [0.25, 0.3) is 6.43 Å². The quantitative estimate of drug-likeness (QED) is 0.118. The van der Waals surface area contributed by atoms with Gasteiger partial charge in [-0.15, -0.1) is 0 Å². The van der Waals surface area contributed by atoms with Gasteiger partial charge in [0, 0.05) is 6.20 Å². The van der Waals surface area contributed by atoms with Gasteiger partial charge in [0.1, 0.15) is 12.1 Å². The molecule has 2 aliphatic rings. The number of hydrogen-bond donors (Lipinski definition) is 3. The number of amides is 1. The number of nitrogens with one attached hydrogen (secondary N) is 2. The largest absolute Gasteiger partial charge is 0.462 e. The minimum Gasteiger partial charge on any atom is -0.462 e. The molecular weight excluding hydrogens is 585 g/mol. The number of ketones is 1. The molecular formula is C23H34F4N3O10P. The third-order valence-electron chi connectivity index (χ3n) is 5.75. The summed E-state index contributed by atoms with van der Waals surface area (Å²) >= 11 is 0. The van der Waals surface area contributed by atoms with E-state index in [4.69, 9.17) is 18.7 Å². The summed E-state index contributed by atoms with van der Waals surface area (Å²) in [6, 6.07) is -2.88. The highest BCUT2D eigenvalue weighted by atomic mass is 31.2. The van der Waals surface area contributed by atoms with Gasteiger partial charge in [-0.05, 0) is 47.6 Å². The summed E-state index contributed by atoms with van der Waals surface area (Å²) in [5.74, 6) is -8.37. The van der Waals surface area contributed by atoms with Crippen molar-refractivity contribution < 1.29 is 65.1 Å². The van der Waals surface area contributed by atoms with Crippen molar-refractivity contribution in [2.45, 2.75) is 103 Å². The molecule has 1 amide bonds. The summed E-state index contributed by atoms with van der Waals surface area (Å²) in [6.45, 7) is 6.72. The fourth-order valence-electron chi connectivity index (χ4n) is 3.74. The van der Waals surface area contributed by atoms with Gasteiger partial charge in [0.15, 0.2) is 17.5 Å². The number of rotatable bonds is 13. The van der Waals surface area contributed by atoms with Gasteiger partial charge in [-0.1, -0.05) is 0 Å². The second-order valence-corrected chi connectivity index (χ2v) is 11.9. The van der Waals surface area contributed by atoms with E-state index in [1.165, 1.54) is 41.5 Å². The minimum atomic E-state index is -4.81. The van der Waals surface area contributed by atoms with Crippen molar-refractivity contribution in [2.75, 3.05) is 6.61 Å². The number of hydrogen-bond acceptors (Lipinski definition) is 10. The van der Waals surface area contributed by atoms with E-state index in [9.17, 15) is 37.6 Å². The lowest BCUT2D eigenvalue weighted by atomic mass is 9.95. The second kappa shape index (κ2) is 13.3. The SMILES string of the molecule is CC(C)OC(=O)[C@H](C)NP(=O)(N[C@@H](C)C(=O)OC(C)C)OC[C@@]1(C(F)F)O[C@@H](N2C=CC(=O)CC2=O)C(F)(F)[C@@H]1O. The van der Waals surface area contributed by atoms with Crippen LogP contribution >= 0.6 is 7.67 Å². The maximum atomic E-state index is 15.1. The van der Waals surface area contributed by atoms with Gasteiger partial charge < -0.3 is 23.8 Å². The van der Waals surface area contributed by atoms with E-state index in [1.54, 1.807) is 0 Å². The summed E-state index contributed by atoms with van der Waals surface area (Å²) in [5.41, 5.74) is -3.56. The number of aliphatic hydroxyl groups excluding tert-OH is 1. The fraction of sp³-hybridized carbons (Fsp3) is 0.739. The van der Waals surface area contributed by atoms with Crippen LogP contribution in [-0.4, -0.2) is 94.8 Å². The van der Waals surface area contributed by atoms with E-state index in [-0.39, 0.29) is 4.90 Å². The highest BCUT2D eigenvalue weighted by Gasteiger charge is 2.72. The van der Waals surface area contributed by atoms with E-state index < -0.39 is 98.9 Å². The Kier molecular flexibility index (Phi) is 11.2. The Morgan fingerprint density at radius 1 is 1.07 bits per heavy atom. The zero-order chi connectivity index (χ0) is 31.5. The lowest BCUT2D eigenvalue weighted by Crippen LogP contribution is -2.55. The second-order valence-electron chi connectivity index (χ2n) is 10.1. The Morgan fingerprint density at radius 2 is 1.56 bits per heavy atom. The molecule has 0 saturated carbocycles. The van der Waals surface area contributed by atoms with Gasteiger partial charge in [-0.25, -0.2) is 19.0 Å². The molecule has 18 heteroatoms. The number of allylic oxidation sites excluding steroid dienone is 1. The van der Waals surface area contributed by atoms with Gasteiger partial charge in [0.2, 0.25) is 12.1 Å². The molecule has 234 valence electrons. The van der Waals surface area contributed by atoms with Crippen LogP contribution in [0.1, 0.15) is 48.0 Å². The summed E-state index contributed by atoms with van der Waals surface area (Å²) in [7, 11) is -4.81. The molecule has 2 heterocycles. The van der Waals surface area contributed by atoms with Crippen LogP contribution < -0.4 is 10.2 Å². The van der Waals surface area contributed by atoms with E-state index in [2.05, 4.69) is 10.2 Å². The number of esters is 2. The first-order valence-electron chi connectivity index (χ1n) is 12.5. The number of alkyl halides is 4. The molecule has 0 aromatic carbocycles. The molecule has 0 radical (unpaired) electrons. The highest BCUT2D eigenvalue weighted by Crippen LogP contribution is 2.50. The molecule has 41 heavy (non-hydrogen) atoms. The number of ether oxygens (including phenoxy) is 3. The Hall–Kier alpha value is -2.43. The lowest BCUT2D eigenvalue weighted by molar-refractivity contribution is -0.201. The topological polar surface area (TPSA) is 170 Å². The molecule has 0 unspecified atom stereocenters. The number of aliphatic hydroxyl groups is 1. The predicted octanol–water partition coefficient (Wildman–Crippen LogP) is 1.64. The number of carbonyl (C=O) groups excluding carboxylic acids is 4. The van der Waals surface area contributed by atoms with Crippen LogP contribution in [0.5, 0.6) is 0 Å². The molecule has 0 aliphatic carbocycles. The Labute approximate surface area is 233 Å². The van der Waals surface area contributed by atoms with Gasteiger partial charge >= 0.3 is 25.5 Å². The first kappa shape index (κ1) is 34.8. The first-order valence-corrected chi connectivity index (χ1v) is 14.1. The molecule has 2 aliphatic heterocycles. The molecule has 13 nitrogen and oxygen atoms in total. The zero-order valence-corrected chi connectivity index (χ0v) is 24.0. The highest BCUT2D eigenvalue weighted by molar-refractivity contribution is 7.54. The number of nitrogens with zero attached hydrogens (tertiary/aromatic N) is 1. The molecule has 0 bridgehead atoms. The van der Waals surface area contributed by atoms with Crippen molar-refractivity contribution in [3.63, 3.8) is 0 Å². The zero-order valence-electron chi connectivity index (χ0n) is 23.1. The monoisotopic (exact) mass is 619 g/mol. The average Bonchev–Trinajstić information content (AvgIpc) is 3.03. The number of halogens is 4. The fourth-order valence-corrected chi connectivity index (χ4v) is 5.58. The molecule has 1 fully saturated rings. The molecule has 0 aromatic rings. The minimum absolute atomic E-state index is 0.193. The van der Waals surface area contributed by atoms with Gasteiger partial charge in [-0.2, -0.15) is 8.78 Å². The Balaban J connectivity index is 2.40. The molecule has 0 spiro atoms. The summed E-state index contributed by atoms with van der Waals surface area (Å²) in [6.07, 6.45) is -10.7. The molecule has 3 N–H and O–H groups in total. The molecule has 1 saturated heterocycles. The van der Waals surface area contributed by atoms with Crippen molar-refractivity contribution in [3.8, 4) is 0 Å². The third kappa shape index (κ3) is 8.11. The average molecular weight is 620 g/mol. The van der Waals surface area contributed by atoms with Crippen LogP contribution in [-0.2, 0) is 42.5 Å². The maximum Gasteiger partial charge on any atom is 0.342 e. The van der Waals surface area contributed by atoms with Crippen molar-refractivity contribution in [2.24, 2.45) is 0 Å². The van der Waals surface area contributed by atoms with Crippen LogP contribution in [0.2, 0.25) is 0 Å². The predicted molar refractivity (Wildman–Crippen MR) is 131 cm³/mol. The van der Waals surface area contributed by atoms with Crippen molar-refractivity contribution in [1.82, 2.24) is 15.1 Å². The standard InChI is InChI=1S/C23H34F4N3O10P/c1-11(2)38-17(33)13(5)28-41(36,29-14(6)18(34)39-12(3)4)37-10-22(20(24)25)19(35)23(26,27)21(40-22)30-8-7-15(31)9-16(30)32/h7-8,11-14,19-21,35H,9-10H2,1-6H3,(H2,28,29,36)/t13-,14-,19+,21+,22+/m0/s1. The van der Waals surface area contributed by atoms with E-state index >= 15 is 8.78 Å². The van der Waals surface area contributed by atoms with Crippen LogP contribution in [0.4, 0.5) is 17.6 Å². The van der Waals surface area contributed by atoms with E-state index in [1.807, 2.05) is 0 Å².